The maximum atomic E-state index is 12.9. The van der Waals surface area contributed by atoms with Crippen LogP contribution in [0.1, 0.15) is 16.7 Å². The maximum Gasteiger partial charge on any atom is 0.261 e. The lowest BCUT2D eigenvalue weighted by Crippen LogP contribution is -2.29. The number of hydrogen-bond acceptors (Lipinski definition) is 5. The van der Waals surface area contributed by atoms with Gasteiger partial charge in [0.05, 0.1) is 16.7 Å². The van der Waals surface area contributed by atoms with Crippen molar-refractivity contribution in [3.63, 3.8) is 0 Å². The number of aliphatic hydroxyl groups excluding tert-OH is 1. The topological polar surface area (TPSA) is 123 Å². The molecule has 2 aromatic carbocycles. The Morgan fingerprint density at radius 1 is 1.27 bits per heavy atom. The van der Waals surface area contributed by atoms with Gasteiger partial charge >= 0.3 is 0 Å². The van der Waals surface area contributed by atoms with Gasteiger partial charge in [0.2, 0.25) is 0 Å². The van der Waals surface area contributed by atoms with E-state index in [9.17, 15) is 9.90 Å². The number of H-pyrrole nitrogens is 2. The number of aryl methyl sites for hydroxylation is 1. The number of benzene rings is 2. The number of aromatic amines is 2. The first-order chi connectivity index (χ1) is 15.9. The minimum absolute atomic E-state index is 0.270. The molecule has 8 nitrogen and oxygen atoms in total. The maximum absolute atomic E-state index is 12.9. The Kier molecular flexibility index (Phi) is 6.48. The van der Waals surface area contributed by atoms with Crippen molar-refractivity contribution >= 4 is 34.2 Å². The van der Waals surface area contributed by atoms with Crippen LogP contribution in [0.5, 0.6) is 0 Å². The number of aliphatic imine (C=N–C) groups is 1. The SMILES string of the molecule is CN=C(N)c1cc(C)c2nc(-c3c(N(CO)CCc4ccccc4Cl)cc[nH]c3=O)[nH]c2c1. The highest BCUT2D eigenvalue weighted by Crippen LogP contribution is 2.29. The molecule has 0 atom stereocenters. The summed E-state index contributed by atoms with van der Waals surface area (Å²) >= 11 is 6.29. The molecular formula is C24H25ClN6O2. The normalized spacial score (nSPS) is 11.8. The summed E-state index contributed by atoms with van der Waals surface area (Å²) in [6.07, 6.45) is 2.16. The number of aliphatic hydroxyl groups is 1. The van der Waals surface area contributed by atoms with E-state index in [1.165, 1.54) is 0 Å². The van der Waals surface area contributed by atoms with Gasteiger partial charge in [0.15, 0.2) is 0 Å². The summed E-state index contributed by atoms with van der Waals surface area (Å²) in [6.45, 7) is 2.12. The first-order valence-corrected chi connectivity index (χ1v) is 10.8. The molecule has 0 aliphatic rings. The van der Waals surface area contributed by atoms with E-state index in [0.29, 0.717) is 40.9 Å². The lowest BCUT2D eigenvalue weighted by atomic mass is 10.1. The number of anilines is 1. The minimum atomic E-state index is -0.310. The molecule has 9 heteroatoms. The predicted octanol–water partition coefficient (Wildman–Crippen LogP) is 3.21. The molecule has 0 radical (unpaired) electrons. The van der Waals surface area contributed by atoms with Crippen LogP contribution in [0, 0.1) is 6.92 Å². The fraction of sp³-hybridized carbons (Fsp3) is 0.208. The Bertz CT molecular complexity index is 1390. The van der Waals surface area contributed by atoms with Gasteiger partial charge in [-0.1, -0.05) is 29.8 Å². The van der Waals surface area contributed by atoms with Crippen LogP contribution in [0.4, 0.5) is 5.69 Å². The molecule has 4 aromatic rings. The molecule has 0 aliphatic carbocycles. The van der Waals surface area contributed by atoms with E-state index in [-0.39, 0.29) is 12.3 Å². The first-order valence-electron chi connectivity index (χ1n) is 10.5. The summed E-state index contributed by atoms with van der Waals surface area (Å²) in [5.74, 6) is 0.825. The second-order valence-electron chi connectivity index (χ2n) is 7.70. The zero-order chi connectivity index (χ0) is 23.5. The van der Waals surface area contributed by atoms with Gasteiger partial charge in [-0.05, 0) is 48.7 Å². The van der Waals surface area contributed by atoms with Gasteiger partial charge < -0.3 is 25.7 Å². The van der Waals surface area contributed by atoms with Crippen LogP contribution in [0.3, 0.4) is 0 Å². The van der Waals surface area contributed by atoms with Crippen LogP contribution in [0.25, 0.3) is 22.4 Å². The molecule has 0 fully saturated rings. The average molecular weight is 465 g/mol. The molecule has 0 saturated carbocycles. The van der Waals surface area contributed by atoms with Crippen molar-refractivity contribution in [2.45, 2.75) is 13.3 Å². The first kappa shape index (κ1) is 22.6. The van der Waals surface area contributed by atoms with Crippen molar-refractivity contribution in [3.8, 4) is 11.4 Å². The van der Waals surface area contributed by atoms with Crippen molar-refractivity contribution < 1.29 is 5.11 Å². The van der Waals surface area contributed by atoms with Crippen molar-refractivity contribution in [1.82, 2.24) is 15.0 Å². The lowest BCUT2D eigenvalue weighted by molar-refractivity contribution is 0.291. The Labute approximate surface area is 195 Å². The standard InChI is InChI=1S/C24H25ClN6O2/c1-14-11-16(22(26)27-2)12-18-21(14)30-23(29-18)20-19(7-9-28-24(20)33)31(13-32)10-8-15-5-3-4-6-17(15)25/h3-7,9,11-12,32H,8,10,13H2,1-2H3,(H2,26,27)(H,28,33)(H,29,30). The van der Waals surface area contributed by atoms with Crippen molar-refractivity contribution in [2.75, 3.05) is 25.2 Å². The molecule has 0 amide bonds. The largest absolute Gasteiger partial charge is 0.384 e. The number of imidazole rings is 1. The molecule has 0 bridgehead atoms. The summed E-state index contributed by atoms with van der Waals surface area (Å²) in [6, 6.07) is 13.1. The monoisotopic (exact) mass is 464 g/mol. The molecule has 0 saturated heterocycles. The Hall–Kier alpha value is -3.62. The fourth-order valence-electron chi connectivity index (χ4n) is 3.87. The third-order valence-corrected chi connectivity index (χ3v) is 5.98. The summed E-state index contributed by atoms with van der Waals surface area (Å²) in [7, 11) is 1.63. The van der Waals surface area contributed by atoms with E-state index < -0.39 is 0 Å². The van der Waals surface area contributed by atoms with E-state index in [4.69, 9.17) is 22.3 Å². The molecule has 4 rings (SSSR count). The van der Waals surface area contributed by atoms with Crippen LogP contribution in [-0.2, 0) is 6.42 Å². The minimum Gasteiger partial charge on any atom is -0.384 e. The van der Waals surface area contributed by atoms with Crippen molar-refractivity contribution in [1.29, 1.82) is 0 Å². The summed E-state index contributed by atoms with van der Waals surface area (Å²) in [5.41, 5.74) is 10.7. The number of hydrogen-bond donors (Lipinski definition) is 4. The van der Waals surface area contributed by atoms with Crippen LogP contribution in [0.15, 0.2) is 58.4 Å². The number of aromatic nitrogens is 3. The van der Waals surface area contributed by atoms with E-state index in [2.05, 4.69) is 15.0 Å². The third-order valence-electron chi connectivity index (χ3n) is 5.61. The zero-order valence-electron chi connectivity index (χ0n) is 18.4. The second-order valence-corrected chi connectivity index (χ2v) is 8.10. The second kappa shape index (κ2) is 9.48. The lowest BCUT2D eigenvalue weighted by Gasteiger charge is -2.24. The Morgan fingerprint density at radius 3 is 2.79 bits per heavy atom. The molecule has 0 aliphatic heterocycles. The number of rotatable bonds is 7. The molecule has 2 aromatic heterocycles. The van der Waals surface area contributed by atoms with Gasteiger partial charge in [0.1, 0.15) is 24.0 Å². The summed E-state index contributed by atoms with van der Waals surface area (Å²) < 4.78 is 0. The number of nitrogens with two attached hydrogens (primary N) is 1. The van der Waals surface area contributed by atoms with Crippen LogP contribution >= 0.6 is 11.6 Å². The van der Waals surface area contributed by atoms with Crippen LogP contribution in [0.2, 0.25) is 5.02 Å². The Morgan fingerprint density at radius 2 is 2.06 bits per heavy atom. The van der Waals surface area contributed by atoms with Gasteiger partial charge in [-0.2, -0.15) is 0 Å². The highest BCUT2D eigenvalue weighted by molar-refractivity contribution is 6.31. The van der Waals surface area contributed by atoms with Gasteiger partial charge in [-0.3, -0.25) is 9.79 Å². The van der Waals surface area contributed by atoms with Gasteiger partial charge in [0.25, 0.3) is 5.56 Å². The molecule has 33 heavy (non-hydrogen) atoms. The highest BCUT2D eigenvalue weighted by Gasteiger charge is 2.20. The molecule has 170 valence electrons. The number of amidine groups is 1. The number of nitrogens with one attached hydrogen (secondary N) is 2. The van der Waals surface area contributed by atoms with E-state index in [0.717, 1.165) is 27.7 Å². The molecular weight excluding hydrogens is 440 g/mol. The van der Waals surface area contributed by atoms with E-state index in [1.807, 2.05) is 43.3 Å². The number of halogens is 1. The third kappa shape index (κ3) is 4.48. The van der Waals surface area contributed by atoms with Crippen LogP contribution < -0.4 is 16.2 Å². The molecule has 2 heterocycles. The van der Waals surface area contributed by atoms with Crippen molar-refractivity contribution in [2.24, 2.45) is 10.7 Å². The highest BCUT2D eigenvalue weighted by atomic mass is 35.5. The smallest absolute Gasteiger partial charge is 0.261 e. The van der Waals surface area contributed by atoms with Gasteiger partial charge in [0, 0.05) is 30.4 Å². The number of pyridine rings is 1. The molecule has 5 N–H and O–H groups in total. The van der Waals surface area contributed by atoms with Gasteiger partial charge in [-0.25, -0.2) is 4.98 Å². The number of nitrogens with zero attached hydrogens (tertiary/aromatic N) is 3. The predicted molar refractivity (Wildman–Crippen MR) is 133 cm³/mol. The average Bonchev–Trinajstić information content (AvgIpc) is 3.24. The Balaban J connectivity index is 1.76. The van der Waals surface area contributed by atoms with Gasteiger partial charge in [-0.15, -0.1) is 0 Å². The fourth-order valence-corrected chi connectivity index (χ4v) is 4.10. The van der Waals surface area contributed by atoms with E-state index >= 15 is 0 Å². The molecule has 0 spiro atoms. The molecule has 0 unspecified atom stereocenters. The van der Waals surface area contributed by atoms with E-state index in [1.54, 1.807) is 24.2 Å². The van der Waals surface area contributed by atoms with Crippen LogP contribution in [-0.4, -0.2) is 46.2 Å². The number of fused-ring (bicyclic) bond motifs is 1. The summed E-state index contributed by atoms with van der Waals surface area (Å²) in [4.78, 5) is 29.3. The van der Waals surface area contributed by atoms with Crippen molar-refractivity contribution in [3.05, 3.63) is 80.7 Å². The summed E-state index contributed by atoms with van der Waals surface area (Å²) in [5, 5.41) is 10.8. The zero-order valence-corrected chi connectivity index (χ0v) is 19.1. The quantitative estimate of drug-likeness (QED) is 0.190.